The molecule has 1 saturated heterocycles. The minimum absolute atomic E-state index is 0.156. The van der Waals surface area contributed by atoms with Crippen LogP contribution >= 0.6 is 43.2 Å². The van der Waals surface area contributed by atoms with E-state index in [1.807, 2.05) is 11.0 Å². The van der Waals surface area contributed by atoms with Crippen molar-refractivity contribution < 1.29 is 4.79 Å². The number of hydrogen-bond donors (Lipinski definition) is 1. The molecule has 20 heavy (non-hydrogen) atoms. The SMILES string of the molecule is CCCCN(CC1CCCN1)C(=O)c1cc(Br)c(Br)s1. The molecule has 1 aromatic heterocycles. The lowest BCUT2D eigenvalue weighted by atomic mass is 10.2. The first-order valence-corrected chi connectivity index (χ1v) is 9.49. The van der Waals surface area contributed by atoms with Crippen LogP contribution in [0.1, 0.15) is 42.3 Å². The highest BCUT2D eigenvalue weighted by Crippen LogP contribution is 2.33. The van der Waals surface area contributed by atoms with E-state index in [2.05, 4.69) is 44.1 Å². The average molecular weight is 424 g/mol. The number of carbonyl (C=O) groups excluding carboxylic acids is 1. The van der Waals surface area contributed by atoms with Crippen LogP contribution in [0.15, 0.2) is 14.3 Å². The van der Waals surface area contributed by atoms with Gasteiger partial charge in [-0.2, -0.15) is 0 Å². The van der Waals surface area contributed by atoms with Gasteiger partial charge in [0.25, 0.3) is 5.91 Å². The lowest BCUT2D eigenvalue weighted by Crippen LogP contribution is -2.41. The lowest BCUT2D eigenvalue weighted by molar-refractivity contribution is 0.0744. The van der Waals surface area contributed by atoms with Crippen LogP contribution in [0.3, 0.4) is 0 Å². The summed E-state index contributed by atoms with van der Waals surface area (Å²) in [7, 11) is 0. The zero-order chi connectivity index (χ0) is 14.5. The predicted molar refractivity (Wildman–Crippen MR) is 91.6 cm³/mol. The number of thiophene rings is 1. The van der Waals surface area contributed by atoms with Crippen LogP contribution in [0.4, 0.5) is 0 Å². The summed E-state index contributed by atoms with van der Waals surface area (Å²) in [5.41, 5.74) is 0. The van der Waals surface area contributed by atoms with E-state index in [-0.39, 0.29) is 5.91 Å². The second kappa shape index (κ2) is 7.92. The highest BCUT2D eigenvalue weighted by molar-refractivity contribution is 9.13. The maximum absolute atomic E-state index is 12.7. The Morgan fingerprint density at radius 2 is 2.35 bits per heavy atom. The third-order valence-corrected chi connectivity index (χ3v) is 6.77. The van der Waals surface area contributed by atoms with E-state index >= 15 is 0 Å². The van der Waals surface area contributed by atoms with Gasteiger partial charge in [0.05, 0.1) is 8.66 Å². The van der Waals surface area contributed by atoms with Crippen LogP contribution < -0.4 is 5.32 Å². The summed E-state index contributed by atoms with van der Waals surface area (Å²) >= 11 is 8.42. The summed E-state index contributed by atoms with van der Waals surface area (Å²) in [6, 6.07) is 2.38. The van der Waals surface area contributed by atoms with Crippen molar-refractivity contribution >= 4 is 49.1 Å². The molecular formula is C14H20Br2N2OS. The lowest BCUT2D eigenvalue weighted by Gasteiger charge is -2.25. The van der Waals surface area contributed by atoms with Gasteiger partial charge >= 0.3 is 0 Å². The van der Waals surface area contributed by atoms with Crippen LogP contribution in [0.25, 0.3) is 0 Å². The fourth-order valence-corrected chi connectivity index (χ4v) is 4.41. The van der Waals surface area contributed by atoms with Crippen molar-refractivity contribution in [3.63, 3.8) is 0 Å². The van der Waals surface area contributed by atoms with Gasteiger partial charge in [0, 0.05) is 23.6 Å². The van der Waals surface area contributed by atoms with Crippen LogP contribution in [-0.4, -0.2) is 36.5 Å². The smallest absolute Gasteiger partial charge is 0.264 e. The molecule has 1 aliphatic heterocycles. The number of carbonyl (C=O) groups is 1. The molecule has 1 amide bonds. The van der Waals surface area contributed by atoms with Crippen molar-refractivity contribution in [3.05, 3.63) is 19.2 Å². The largest absolute Gasteiger partial charge is 0.336 e. The Kier molecular flexibility index (Phi) is 6.52. The maximum Gasteiger partial charge on any atom is 0.264 e. The Hall–Kier alpha value is 0.0900. The summed E-state index contributed by atoms with van der Waals surface area (Å²) in [5, 5.41) is 3.48. The van der Waals surface area contributed by atoms with Crippen molar-refractivity contribution in [2.75, 3.05) is 19.6 Å². The maximum atomic E-state index is 12.7. The molecule has 1 aromatic rings. The molecule has 1 N–H and O–H groups in total. The summed E-state index contributed by atoms with van der Waals surface area (Å²) in [6.45, 7) is 4.91. The number of hydrogen-bond acceptors (Lipinski definition) is 3. The minimum atomic E-state index is 0.156. The van der Waals surface area contributed by atoms with Crippen LogP contribution in [0.5, 0.6) is 0 Å². The van der Waals surface area contributed by atoms with E-state index in [4.69, 9.17) is 0 Å². The topological polar surface area (TPSA) is 32.3 Å². The Labute approximate surface area is 141 Å². The van der Waals surface area contributed by atoms with Crippen molar-refractivity contribution in [1.29, 1.82) is 0 Å². The third kappa shape index (κ3) is 4.29. The normalized spacial score (nSPS) is 18.4. The molecule has 1 fully saturated rings. The molecule has 0 radical (unpaired) electrons. The molecule has 0 spiro atoms. The van der Waals surface area contributed by atoms with Crippen molar-refractivity contribution in [3.8, 4) is 0 Å². The predicted octanol–water partition coefficient (Wildman–Crippen LogP) is 4.27. The molecule has 2 heterocycles. The summed E-state index contributed by atoms with van der Waals surface area (Å²) < 4.78 is 1.94. The second-order valence-electron chi connectivity index (χ2n) is 5.13. The zero-order valence-corrected chi connectivity index (χ0v) is 15.6. The van der Waals surface area contributed by atoms with Crippen molar-refractivity contribution in [2.24, 2.45) is 0 Å². The van der Waals surface area contributed by atoms with Gasteiger partial charge in [-0.1, -0.05) is 13.3 Å². The van der Waals surface area contributed by atoms with E-state index in [0.29, 0.717) is 6.04 Å². The number of nitrogens with one attached hydrogen (secondary N) is 1. The number of nitrogens with zero attached hydrogens (tertiary/aromatic N) is 1. The Balaban J connectivity index is 2.05. The van der Waals surface area contributed by atoms with Crippen molar-refractivity contribution in [1.82, 2.24) is 10.2 Å². The van der Waals surface area contributed by atoms with Gasteiger partial charge in [-0.25, -0.2) is 0 Å². The van der Waals surface area contributed by atoms with E-state index in [9.17, 15) is 4.79 Å². The van der Waals surface area contributed by atoms with Gasteiger partial charge in [0.1, 0.15) is 0 Å². The van der Waals surface area contributed by atoms with Crippen LogP contribution in [-0.2, 0) is 0 Å². The van der Waals surface area contributed by atoms with Gasteiger partial charge in [-0.15, -0.1) is 11.3 Å². The van der Waals surface area contributed by atoms with E-state index in [1.165, 1.54) is 24.2 Å². The minimum Gasteiger partial charge on any atom is -0.336 e. The first-order valence-electron chi connectivity index (χ1n) is 7.09. The van der Waals surface area contributed by atoms with Crippen LogP contribution in [0.2, 0.25) is 0 Å². The first kappa shape index (κ1) is 16.5. The molecule has 2 rings (SSSR count). The fraction of sp³-hybridized carbons (Fsp3) is 0.643. The average Bonchev–Trinajstić information content (AvgIpc) is 3.05. The van der Waals surface area contributed by atoms with Gasteiger partial charge < -0.3 is 10.2 Å². The molecule has 0 saturated carbocycles. The highest BCUT2D eigenvalue weighted by Gasteiger charge is 2.23. The first-order chi connectivity index (χ1) is 9.61. The van der Waals surface area contributed by atoms with E-state index in [0.717, 1.165) is 45.6 Å². The molecule has 0 bridgehead atoms. The molecule has 0 aromatic carbocycles. The standard InChI is InChI=1S/C14H20Br2N2OS/c1-2-3-7-18(9-10-5-4-6-17-10)14(19)12-8-11(15)13(16)20-12/h8,10,17H,2-7,9H2,1H3. The second-order valence-corrected chi connectivity index (χ2v) is 8.35. The molecule has 6 heteroatoms. The quantitative estimate of drug-likeness (QED) is 0.740. The fourth-order valence-electron chi connectivity index (χ4n) is 2.41. The molecule has 1 unspecified atom stereocenters. The Morgan fingerprint density at radius 1 is 1.55 bits per heavy atom. The summed E-state index contributed by atoms with van der Waals surface area (Å²) in [5.74, 6) is 0.156. The molecule has 1 atom stereocenters. The molecule has 112 valence electrons. The molecular weight excluding hydrogens is 404 g/mol. The number of halogens is 2. The van der Waals surface area contributed by atoms with Gasteiger partial charge in [0.15, 0.2) is 0 Å². The monoisotopic (exact) mass is 422 g/mol. The van der Waals surface area contributed by atoms with Gasteiger partial charge in [-0.05, 0) is 63.7 Å². The van der Waals surface area contributed by atoms with Crippen LogP contribution in [0, 0.1) is 0 Å². The summed E-state index contributed by atoms with van der Waals surface area (Å²) in [4.78, 5) is 15.5. The number of amides is 1. The third-order valence-electron chi connectivity index (χ3n) is 3.53. The molecule has 1 aliphatic rings. The Morgan fingerprint density at radius 3 is 2.90 bits per heavy atom. The van der Waals surface area contributed by atoms with Gasteiger partial charge in [-0.3, -0.25) is 4.79 Å². The number of rotatable bonds is 6. The zero-order valence-electron chi connectivity index (χ0n) is 11.6. The highest BCUT2D eigenvalue weighted by atomic mass is 79.9. The van der Waals surface area contributed by atoms with Gasteiger partial charge in [0.2, 0.25) is 0 Å². The summed E-state index contributed by atoms with van der Waals surface area (Å²) in [6.07, 6.45) is 4.57. The van der Waals surface area contributed by atoms with E-state index in [1.54, 1.807) is 0 Å². The molecule has 0 aliphatic carbocycles. The molecule has 3 nitrogen and oxygen atoms in total. The number of unbranched alkanes of at least 4 members (excludes halogenated alkanes) is 1. The van der Waals surface area contributed by atoms with E-state index < -0.39 is 0 Å². The Bertz CT molecular complexity index is 439. The van der Waals surface area contributed by atoms with Crippen molar-refractivity contribution in [2.45, 2.75) is 38.6 Å².